The number of carbonyl (C=O) groups excluding carboxylic acids is 1. The van der Waals surface area contributed by atoms with E-state index in [2.05, 4.69) is 6.92 Å². The van der Waals surface area contributed by atoms with E-state index >= 15 is 0 Å². The zero-order valence-electron chi connectivity index (χ0n) is 15.1. The lowest BCUT2D eigenvalue weighted by Gasteiger charge is -2.08. The molecule has 23 heavy (non-hydrogen) atoms. The SMILES string of the molecule is CCCCCCCCCCCCCCCC(=O)OC[C@H](O)CO. The second kappa shape index (κ2) is 17.7. The van der Waals surface area contributed by atoms with E-state index in [1.165, 1.54) is 70.6 Å². The van der Waals surface area contributed by atoms with Gasteiger partial charge in [0.25, 0.3) is 0 Å². The van der Waals surface area contributed by atoms with Gasteiger partial charge >= 0.3 is 5.97 Å². The van der Waals surface area contributed by atoms with E-state index in [-0.39, 0.29) is 19.2 Å². The predicted octanol–water partition coefficient (Wildman–Crippen LogP) is 4.36. The standard InChI is InChI=1S/C19H38O4/c1-2-3-4-5-6-7-8-9-10-11-12-13-14-15-19(22)23-17-18(21)16-20/h18,20-21H,2-17H2,1H3/t18-/m1/s1. The van der Waals surface area contributed by atoms with Crippen LogP contribution in [-0.4, -0.2) is 35.5 Å². The molecule has 0 saturated heterocycles. The molecular weight excluding hydrogens is 292 g/mol. The zero-order chi connectivity index (χ0) is 17.2. The fraction of sp³-hybridized carbons (Fsp3) is 0.947. The Kier molecular flexibility index (Phi) is 17.3. The molecule has 0 aliphatic carbocycles. The summed E-state index contributed by atoms with van der Waals surface area (Å²) in [5.74, 6) is -0.277. The Morgan fingerprint density at radius 1 is 0.826 bits per heavy atom. The van der Waals surface area contributed by atoms with Gasteiger partial charge in [0.15, 0.2) is 0 Å². The summed E-state index contributed by atoms with van der Waals surface area (Å²) in [7, 11) is 0. The highest BCUT2D eigenvalue weighted by Gasteiger charge is 2.07. The number of aliphatic hydroxyl groups excluding tert-OH is 2. The van der Waals surface area contributed by atoms with Gasteiger partial charge in [-0.15, -0.1) is 0 Å². The molecule has 4 nitrogen and oxygen atoms in total. The van der Waals surface area contributed by atoms with Crippen molar-refractivity contribution in [2.24, 2.45) is 0 Å². The van der Waals surface area contributed by atoms with Crippen LogP contribution in [0.25, 0.3) is 0 Å². The Bertz CT molecular complexity index is 256. The van der Waals surface area contributed by atoms with Crippen molar-refractivity contribution in [2.45, 2.75) is 103 Å². The average molecular weight is 331 g/mol. The lowest BCUT2D eigenvalue weighted by Crippen LogP contribution is -2.21. The van der Waals surface area contributed by atoms with Gasteiger partial charge in [-0.25, -0.2) is 0 Å². The maximum absolute atomic E-state index is 11.3. The summed E-state index contributed by atoms with van der Waals surface area (Å²) in [5, 5.41) is 17.7. The van der Waals surface area contributed by atoms with E-state index < -0.39 is 6.10 Å². The van der Waals surface area contributed by atoms with Gasteiger partial charge in [0.2, 0.25) is 0 Å². The number of ether oxygens (including phenoxy) is 1. The minimum absolute atomic E-state index is 0.103. The second-order valence-corrected chi connectivity index (χ2v) is 6.51. The van der Waals surface area contributed by atoms with E-state index in [0.717, 1.165) is 12.8 Å². The number of esters is 1. The maximum atomic E-state index is 11.3. The van der Waals surface area contributed by atoms with Crippen molar-refractivity contribution in [3.05, 3.63) is 0 Å². The largest absolute Gasteiger partial charge is 0.463 e. The minimum atomic E-state index is -0.953. The average Bonchev–Trinajstić information content (AvgIpc) is 2.56. The van der Waals surface area contributed by atoms with E-state index in [9.17, 15) is 4.79 Å². The third kappa shape index (κ3) is 17.6. The third-order valence-electron chi connectivity index (χ3n) is 4.13. The molecule has 0 aromatic heterocycles. The highest BCUT2D eigenvalue weighted by atomic mass is 16.5. The molecule has 0 aromatic rings. The molecule has 0 unspecified atom stereocenters. The number of hydrogen-bond donors (Lipinski definition) is 2. The van der Waals surface area contributed by atoms with Crippen molar-refractivity contribution in [3.63, 3.8) is 0 Å². The molecule has 138 valence electrons. The Hall–Kier alpha value is -0.610. The highest BCUT2D eigenvalue weighted by molar-refractivity contribution is 5.69. The Balaban J connectivity index is 3.14. The first-order chi connectivity index (χ1) is 11.2. The summed E-state index contributed by atoms with van der Waals surface area (Å²) in [5.41, 5.74) is 0. The van der Waals surface area contributed by atoms with Crippen molar-refractivity contribution < 1.29 is 19.7 Å². The van der Waals surface area contributed by atoms with Gasteiger partial charge in [0.1, 0.15) is 12.7 Å². The van der Waals surface area contributed by atoms with Gasteiger partial charge in [0, 0.05) is 6.42 Å². The van der Waals surface area contributed by atoms with E-state index in [1.807, 2.05) is 0 Å². The first-order valence-corrected chi connectivity index (χ1v) is 9.65. The second-order valence-electron chi connectivity index (χ2n) is 6.51. The van der Waals surface area contributed by atoms with Gasteiger partial charge in [-0.2, -0.15) is 0 Å². The van der Waals surface area contributed by atoms with Gasteiger partial charge in [-0.05, 0) is 6.42 Å². The molecule has 0 heterocycles. The smallest absolute Gasteiger partial charge is 0.305 e. The van der Waals surface area contributed by atoms with Crippen molar-refractivity contribution in [2.75, 3.05) is 13.2 Å². The van der Waals surface area contributed by atoms with E-state index in [0.29, 0.717) is 6.42 Å². The van der Waals surface area contributed by atoms with Crippen LogP contribution < -0.4 is 0 Å². The summed E-state index contributed by atoms with van der Waals surface area (Å²) in [6, 6.07) is 0. The van der Waals surface area contributed by atoms with Crippen LogP contribution in [-0.2, 0) is 9.53 Å². The molecular formula is C19H38O4. The van der Waals surface area contributed by atoms with Crippen LogP contribution in [0.4, 0.5) is 0 Å². The molecule has 0 bridgehead atoms. The first kappa shape index (κ1) is 22.4. The fourth-order valence-corrected chi connectivity index (χ4v) is 2.60. The van der Waals surface area contributed by atoms with Crippen molar-refractivity contribution in [1.29, 1.82) is 0 Å². The Morgan fingerprint density at radius 2 is 1.26 bits per heavy atom. The summed E-state index contributed by atoms with van der Waals surface area (Å²) in [6.07, 6.45) is 16.1. The molecule has 0 spiro atoms. The highest BCUT2D eigenvalue weighted by Crippen LogP contribution is 2.13. The molecule has 0 amide bonds. The summed E-state index contributed by atoms with van der Waals surface area (Å²) < 4.78 is 4.85. The molecule has 0 fully saturated rings. The topological polar surface area (TPSA) is 66.8 Å². The summed E-state index contributed by atoms with van der Waals surface area (Å²) >= 11 is 0. The van der Waals surface area contributed by atoms with Crippen molar-refractivity contribution in [1.82, 2.24) is 0 Å². The monoisotopic (exact) mass is 330 g/mol. The minimum Gasteiger partial charge on any atom is -0.463 e. The molecule has 0 aliphatic heterocycles. The van der Waals surface area contributed by atoms with Crippen LogP contribution in [0.1, 0.15) is 96.8 Å². The fourth-order valence-electron chi connectivity index (χ4n) is 2.60. The molecule has 0 aromatic carbocycles. The molecule has 1 atom stereocenters. The summed E-state index contributed by atoms with van der Waals surface area (Å²) in [6.45, 7) is 1.78. The quantitative estimate of drug-likeness (QED) is 0.307. The molecule has 4 heteroatoms. The molecule has 0 rings (SSSR count). The van der Waals surface area contributed by atoms with E-state index in [1.54, 1.807) is 0 Å². The van der Waals surface area contributed by atoms with E-state index in [4.69, 9.17) is 14.9 Å². The Morgan fingerprint density at radius 3 is 1.70 bits per heavy atom. The van der Waals surface area contributed by atoms with Gasteiger partial charge in [-0.3, -0.25) is 4.79 Å². The maximum Gasteiger partial charge on any atom is 0.305 e. The molecule has 0 saturated carbocycles. The number of hydrogen-bond acceptors (Lipinski definition) is 4. The zero-order valence-corrected chi connectivity index (χ0v) is 15.1. The number of unbranched alkanes of at least 4 members (excludes halogenated alkanes) is 12. The Labute approximate surface area is 142 Å². The molecule has 2 N–H and O–H groups in total. The van der Waals surface area contributed by atoms with Gasteiger partial charge in [0.05, 0.1) is 6.61 Å². The van der Waals surface area contributed by atoms with Crippen LogP contribution in [0.3, 0.4) is 0 Å². The van der Waals surface area contributed by atoms with Crippen LogP contribution in [0.5, 0.6) is 0 Å². The van der Waals surface area contributed by atoms with Gasteiger partial charge < -0.3 is 14.9 Å². The number of aliphatic hydroxyl groups is 2. The van der Waals surface area contributed by atoms with Crippen molar-refractivity contribution in [3.8, 4) is 0 Å². The van der Waals surface area contributed by atoms with Crippen molar-refractivity contribution >= 4 is 5.97 Å². The number of carbonyl (C=O) groups is 1. The summed E-state index contributed by atoms with van der Waals surface area (Å²) in [4.78, 5) is 11.3. The number of rotatable bonds is 17. The van der Waals surface area contributed by atoms with Crippen LogP contribution in [0, 0.1) is 0 Å². The van der Waals surface area contributed by atoms with Crippen LogP contribution in [0.2, 0.25) is 0 Å². The molecule has 0 aliphatic rings. The molecule has 0 radical (unpaired) electrons. The lowest BCUT2D eigenvalue weighted by atomic mass is 10.0. The van der Waals surface area contributed by atoms with Gasteiger partial charge in [-0.1, -0.05) is 84.0 Å². The first-order valence-electron chi connectivity index (χ1n) is 9.65. The van der Waals surface area contributed by atoms with Crippen LogP contribution >= 0.6 is 0 Å². The lowest BCUT2D eigenvalue weighted by molar-refractivity contribution is -0.147. The predicted molar refractivity (Wildman–Crippen MR) is 94.4 cm³/mol. The normalized spacial score (nSPS) is 12.3. The van der Waals surface area contributed by atoms with Crippen LogP contribution in [0.15, 0.2) is 0 Å². The third-order valence-corrected chi connectivity index (χ3v) is 4.13.